The van der Waals surface area contributed by atoms with Crippen LogP contribution in [-0.2, 0) is 28.2 Å². The fourth-order valence-electron chi connectivity index (χ4n) is 8.54. The maximum atomic E-state index is 16.4. The van der Waals surface area contributed by atoms with E-state index in [9.17, 15) is 14.7 Å². The van der Waals surface area contributed by atoms with Crippen LogP contribution in [0.5, 0.6) is 0 Å². The fraction of sp³-hybridized carbons (Fsp3) is 0.293. The molecule has 0 saturated carbocycles. The van der Waals surface area contributed by atoms with Crippen LogP contribution in [0.3, 0.4) is 0 Å². The quantitative estimate of drug-likeness (QED) is 0.116. The molecule has 13 heteroatoms. The smallest absolute Gasteiger partial charge is 0.279 e. The predicted molar refractivity (Wildman–Crippen MR) is 208 cm³/mol. The van der Waals surface area contributed by atoms with Crippen molar-refractivity contribution in [2.75, 3.05) is 11.5 Å². The highest BCUT2D eigenvalue weighted by atomic mass is 35.5. The lowest BCUT2D eigenvalue weighted by atomic mass is 9.82. The normalized spacial score (nSPS) is 21.6. The monoisotopic (exact) mass is 762 g/mol. The molecular formula is C41H40ClFN6O4Si. The molecule has 1 fully saturated rings. The lowest BCUT2D eigenvalue weighted by molar-refractivity contribution is -0.146. The van der Waals surface area contributed by atoms with E-state index < -0.39 is 31.6 Å². The van der Waals surface area contributed by atoms with Gasteiger partial charge in [0, 0.05) is 40.2 Å². The van der Waals surface area contributed by atoms with Crippen LogP contribution in [0.1, 0.15) is 41.6 Å². The van der Waals surface area contributed by atoms with Crippen molar-refractivity contribution in [3.05, 3.63) is 147 Å². The van der Waals surface area contributed by atoms with Gasteiger partial charge in [-0.1, -0.05) is 84.4 Å². The van der Waals surface area contributed by atoms with E-state index in [4.69, 9.17) is 16.3 Å². The minimum atomic E-state index is -3.41. The highest BCUT2D eigenvalue weighted by molar-refractivity contribution is 6.72. The molecule has 0 aliphatic carbocycles. The molecule has 0 bridgehead atoms. The third kappa shape index (κ3) is 6.16. The Bertz CT molecular complexity index is 2400. The minimum Gasteiger partial charge on any atom is -0.395 e. The number of halogens is 2. The highest BCUT2D eigenvalue weighted by Crippen LogP contribution is 2.60. The summed E-state index contributed by atoms with van der Waals surface area (Å²) < 4.78 is 26.4. The van der Waals surface area contributed by atoms with E-state index in [1.807, 2.05) is 92.0 Å². The molecule has 5 atom stereocenters. The standard InChI is InChI=1S/C41H40ClFN6O4Si/c1-26-38(54(2,3)43)37(19-20-47-24-35(45-46-47)33(25-50)28-9-5-4-6-10-28)53-41(26)34-21-30(42)15-18-36(34)48(40(41)52)23-27-13-16-31(17-14-27)49-39(51)32-12-8-7-11-29(32)22-44-49/h4-18,21-22,24,26,33,37-38,50H,19-20,23,25H2,1-3H3/t26-,33?,37+,38-,41+/m0/s1. The Morgan fingerprint density at radius 2 is 1.74 bits per heavy atom. The number of anilines is 1. The number of aliphatic hydroxyl groups is 1. The number of aromatic nitrogens is 5. The van der Waals surface area contributed by atoms with Gasteiger partial charge in [-0.05, 0) is 67.0 Å². The lowest BCUT2D eigenvalue weighted by Crippen LogP contribution is -2.45. The summed E-state index contributed by atoms with van der Waals surface area (Å²) in [5, 5.41) is 25.0. The summed E-state index contributed by atoms with van der Waals surface area (Å²) in [7, 11) is -3.41. The van der Waals surface area contributed by atoms with Crippen LogP contribution in [0, 0.1) is 5.92 Å². The molecule has 54 heavy (non-hydrogen) atoms. The number of nitrogens with zero attached hydrogens (tertiary/aromatic N) is 6. The fourth-order valence-corrected chi connectivity index (χ4v) is 11.3. The Balaban J connectivity index is 1.07. The van der Waals surface area contributed by atoms with Gasteiger partial charge in [0.2, 0.25) is 8.41 Å². The van der Waals surface area contributed by atoms with E-state index >= 15 is 4.11 Å². The van der Waals surface area contributed by atoms with Gasteiger partial charge in [0.1, 0.15) is 0 Å². The molecule has 1 amide bonds. The number of hydrogen-bond donors (Lipinski definition) is 1. The Morgan fingerprint density at radius 3 is 2.48 bits per heavy atom. The number of carbonyl (C=O) groups excluding carboxylic acids is 1. The molecule has 1 spiro atoms. The van der Waals surface area contributed by atoms with Crippen LogP contribution < -0.4 is 10.5 Å². The first kappa shape index (κ1) is 36.0. The summed E-state index contributed by atoms with van der Waals surface area (Å²) in [5.41, 5.74) is 2.15. The maximum absolute atomic E-state index is 16.4. The number of amides is 1. The molecule has 6 aromatic rings. The average molecular weight is 763 g/mol. The first-order valence-corrected chi connectivity index (χ1v) is 21.4. The predicted octanol–water partition coefficient (Wildman–Crippen LogP) is 7.17. The first-order chi connectivity index (χ1) is 26.0. The lowest BCUT2D eigenvalue weighted by Gasteiger charge is -2.31. The van der Waals surface area contributed by atoms with E-state index in [1.54, 1.807) is 47.1 Å². The molecule has 10 nitrogen and oxygen atoms in total. The van der Waals surface area contributed by atoms with Crippen molar-refractivity contribution in [2.45, 2.75) is 62.7 Å². The minimum absolute atomic E-state index is 0.120. The average Bonchev–Trinajstić information content (AvgIpc) is 3.82. The molecule has 4 aromatic carbocycles. The number of ether oxygens (including phenoxy) is 1. The highest BCUT2D eigenvalue weighted by Gasteiger charge is 2.66. The van der Waals surface area contributed by atoms with Gasteiger partial charge in [-0.3, -0.25) is 14.3 Å². The number of aliphatic hydroxyl groups excluding tert-OH is 1. The third-order valence-electron chi connectivity index (χ3n) is 11.1. The van der Waals surface area contributed by atoms with Gasteiger partial charge in [-0.25, -0.2) is 0 Å². The number of rotatable bonds is 10. The molecule has 276 valence electrons. The summed E-state index contributed by atoms with van der Waals surface area (Å²) in [6.45, 7) is 5.77. The van der Waals surface area contributed by atoms with Crippen molar-refractivity contribution in [3.8, 4) is 5.69 Å². The number of benzene rings is 4. The first-order valence-electron chi connectivity index (χ1n) is 18.1. The van der Waals surface area contributed by atoms with Gasteiger partial charge in [0.05, 0.1) is 53.8 Å². The molecule has 1 unspecified atom stereocenters. The Labute approximate surface area is 318 Å². The van der Waals surface area contributed by atoms with Crippen molar-refractivity contribution in [3.63, 3.8) is 0 Å². The second kappa shape index (κ2) is 14.0. The molecule has 1 N–H and O–H groups in total. The van der Waals surface area contributed by atoms with E-state index in [0.29, 0.717) is 46.0 Å². The second-order valence-electron chi connectivity index (χ2n) is 14.8. The second-order valence-corrected chi connectivity index (χ2v) is 19.0. The third-order valence-corrected chi connectivity index (χ3v) is 13.8. The number of hydrogen-bond acceptors (Lipinski definition) is 7. The summed E-state index contributed by atoms with van der Waals surface area (Å²) in [6.07, 6.45) is 3.30. The van der Waals surface area contributed by atoms with Crippen molar-refractivity contribution >= 4 is 42.4 Å². The molecular weight excluding hydrogens is 723 g/mol. The molecule has 0 radical (unpaired) electrons. The zero-order valence-electron chi connectivity index (χ0n) is 30.1. The largest absolute Gasteiger partial charge is 0.395 e. The van der Waals surface area contributed by atoms with Gasteiger partial charge in [0.25, 0.3) is 11.5 Å². The van der Waals surface area contributed by atoms with Crippen molar-refractivity contribution in [1.82, 2.24) is 24.8 Å². The Morgan fingerprint density at radius 1 is 1.00 bits per heavy atom. The molecule has 2 aliphatic rings. The molecule has 2 aromatic heterocycles. The van der Waals surface area contributed by atoms with Crippen LogP contribution in [0.25, 0.3) is 16.5 Å². The van der Waals surface area contributed by atoms with Crippen LogP contribution >= 0.6 is 11.6 Å². The SMILES string of the molecule is C[C@H]1[C@H]([Si](C)(C)F)[C@@H](CCn2cc(C(CO)c3ccccc3)nn2)O[C@]12C(=O)N(Cc1ccc(-n3ncc4ccccc4c3=O)cc1)c1ccc(Cl)cc12. The van der Waals surface area contributed by atoms with E-state index in [2.05, 4.69) is 15.4 Å². The van der Waals surface area contributed by atoms with Crippen molar-refractivity contribution < 1.29 is 18.7 Å². The van der Waals surface area contributed by atoms with Gasteiger partial charge < -0.3 is 18.9 Å². The van der Waals surface area contributed by atoms with Gasteiger partial charge in [-0.15, -0.1) is 5.10 Å². The summed E-state index contributed by atoms with van der Waals surface area (Å²) >= 11 is 6.58. The van der Waals surface area contributed by atoms with E-state index in [1.165, 1.54) is 4.68 Å². The van der Waals surface area contributed by atoms with Crippen LogP contribution in [-0.4, -0.2) is 56.9 Å². The Kier molecular flexibility index (Phi) is 9.33. The van der Waals surface area contributed by atoms with Crippen LogP contribution in [0.4, 0.5) is 9.80 Å². The van der Waals surface area contributed by atoms with E-state index in [0.717, 1.165) is 16.5 Å². The summed E-state index contributed by atoms with van der Waals surface area (Å²) in [6, 6.07) is 29.7. The Hall–Kier alpha value is -5.01. The molecule has 4 heterocycles. The molecule has 1 saturated heterocycles. The zero-order valence-corrected chi connectivity index (χ0v) is 31.9. The van der Waals surface area contributed by atoms with Gasteiger partial charge in [-0.2, -0.15) is 9.78 Å². The number of aryl methyl sites for hydroxylation is 1. The van der Waals surface area contributed by atoms with Gasteiger partial charge in [0.15, 0.2) is 5.60 Å². The maximum Gasteiger partial charge on any atom is 0.279 e. The van der Waals surface area contributed by atoms with Crippen molar-refractivity contribution in [2.24, 2.45) is 5.92 Å². The van der Waals surface area contributed by atoms with Crippen LogP contribution in [0.2, 0.25) is 23.7 Å². The summed E-state index contributed by atoms with van der Waals surface area (Å²) in [5.74, 6) is -1.07. The topological polar surface area (TPSA) is 115 Å². The zero-order chi connectivity index (χ0) is 37.8. The number of carbonyl (C=O) groups is 1. The summed E-state index contributed by atoms with van der Waals surface area (Å²) in [4.78, 5) is 29.8. The van der Waals surface area contributed by atoms with E-state index in [-0.39, 0.29) is 30.5 Å². The molecule has 2 aliphatic heterocycles. The van der Waals surface area contributed by atoms with Crippen LogP contribution in [0.15, 0.2) is 114 Å². The van der Waals surface area contributed by atoms with Gasteiger partial charge >= 0.3 is 0 Å². The molecule has 8 rings (SSSR count). The van der Waals surface area contributed by atoms with Crippen molar-refractivity contribution in [1.29, 1.82) is 0 Å². The number of fused-ring (bicyclic) bond motifs is 3.